The maximum absolute atomic E-state index is 10.7. The molecule has 6 nitrogen and oxygen atoms in total. The maximum atomic E-state index is 10.7. The molecule has 0 aliphatic carbocycles. The lowest BCUT2D eigenvalue weighted by molar-refractivity contribution is 0.0987. The molecule has 1 fully saturated rings. The van der Waals surface area contributed by atoms with E-state index < -0.39 is 5.91 Å². The van der Waals surface area contributed by atoms with Crippen LogP contribution in [0.3, 0.4) is 0 Å². The number of hydrogen-bond donors (Lipinski definition) is 2. The number of hydrogen-bond acceptors (Lipinski definition) is 5. The zero-order valence-electron chi connectivity index (χ0n) is 7.86. The SMILES string of the molecule is C[C@@H]1CNC[C@H]1c1nc(C(N)=O)no1. The van der Waals surface area contributed by atoms with Crippen molar-refractivity contribution >= 4 is 5.91 Å². The highest BCUT2D eigenvalue weighted by Gasteiger charge is 2.30. The van der Waals surface area contributed by atoms with E-state index in [1.807, 2.05) is 0 Å². The minimum absolute atomic E-state index is 0.0425. The highest BCUT2D eigenvalue weighted by atomic mass is 16.5. The van der Waals surface area contributed by atoms with Gasteiger partial charge in [0.15, 0.2) is 0 Å². The van der Waals surface area contributed by atoms with Crippen LogP contribution in [0.1, 0.15) is 29.4 Å². The number of amides is 1. The first-order valence-electron chi connectivity index (χ1n) is 4.52. The number of nitrogens with one attached hydrogen (secondary N) is 1. The van der Waals surface area contributed by atoms with Crippen LogP contribution in [0.4, 0.5) is 0 Å². The highest BCUT2D eigenvalue weighted by molar-refractivity contribution is 5.88. The zero-order chi connectivity index (χ0) is 10.1. The molecule has 1 aliphatic heterocycles. The molecule has 0 spiro atoms. The van der Waals surface area contributed by atoms with Gasteiger partial charge in [-0.25, -0.2) is 0 Å². The summed E-state index contributed by atoms with van der Waals surface area (Å²) in [6, 6.07) is 0. The molecule has 2 heterocycles. The van der Waals surface area contributed by atoms with Crippen molar-refractivity contribution < 1.29 is 9.32 Å². The zero-order valence-corrected chi connectivity index (χ0v) is 7.86. The van der Waals surface area contributed by atoms with Crippen LogP contribution in [0.2, 0.25) is 0 Å². The fourth-order valence-electron chi connectivity index (χ4n) is 1.63. The monoisotopic (exact) mass is 196 g/mol. The van der Waals surface area contributed by atoms with Gasteiger partial charge in [0.05, 0.1) is 5.92 Å². The molecule has 1 saturated heterocycles. The minimum atomic E-state index is -0.654. The van der Waals surface area contributed by atoms with Gasteiger partial charge in [-0.3, -0.25) is 4.79 Å². The molecule has 1 aliphatic rings. The van der Waals surface area contributed by atoms with E-state index in [9.17, 15) is 4.79 Å². The first kappa shape index (κ1) is 9.14. The molecule has 3 N–H and O–H groups in total. The molecule has 1 aromatic heterocycles. The summed E-state index contributed by atoms with van der Waals surface area (Å²) < 4.78 is 4.98. The molecule has 2 atom stereocenters. The second-order valence-electron chi connectivity index (χ2n) is 3.56. The smallest absolute Gasteiger partial charge is 0.290 e. The molecule has 76 valence electrons. The Morgan fingerprint density at radius 2 is 2.43 bits per heavy atom. The van der Waals surface area contributed by atoms with Crippen LogP contribution in [0, 0.1) is 5.92 Å². The average molecular weight is 196 g/mol. The Morgan fingerprint density at radius 1 is 1.64 bits per heavy atom. The lowest BCUT2D eigenvalue weighted by Crippen LogP contribution is -2.14. The van der Waals surface area contributed by atoms with E-state index >= 15 is 0 Å². The van der Waals surface area contributed by atoms with Crippen molar-refractivity contribution in [2.75, 3.05) is 13.1 Å². The van der Waals surface area contributed by atoms with Crippen LogP contribution in [0.5, 0.6) is 0 Å². The second kappa shape index (κ2) is 3.38. The van der Waals surface area contributed by atoms with Crippen molar-refractivity contribution in [2.45, 2.75) is 12.8 Å². The normalized spacial score (nSPS) is 26.6. The van der Waals surface area contributed by atoms with Crippen LogP contribution < -0.4 is 11.1 Å². The predicted octanol–water partition coefficient (Wildman–Crippen LogP) is -0.509. The van der Waals surface area contributed by atoms with Gasteiger partial charge in [0, 0.05) is 6.54 Å². The van der Waals surface area contributed by atoms with E-state index in [1.165, 1.54) is 0 Å². The van der Waals surface area contributed by atoms with Crippen molar-refractivity contribution in [1.29, 1.82) is 0 Å². The number of carbonyl (C=O) groups is 1. The molecule has 0 saturated carbocycles. The minimum Gasteiger partial charge on any atom is -0.363 e. The molecule has 0 aromatic carbocycles. The average Bonchev–Trinajstić information content (AvgIpc) is 2.71. The molecule has 6 heteroatoms. The number of nitrogens with two attached hydrogens (primary N) is 1. The van der Waals surface area contributed by atoms with Crippen molar-refractivity contribution in [3.8, 4) is 0 Å². The first-order chi connectivity index (χ1) is 6.68. The van der Waals surface area contributed by atoms with Crippen molar-refractivity contribution in [3.05, 3.63) is 11.7 Å². The summed E-state index contributed by atoms with van der Waals surface area (Å²) in [5, 5.41) is 6.72. The standard InChI is InChI=1S/C8H12N4O2/c1-4-2-10-3-5(4)8-11-7(6(9)13)12-14-8/h4-5,10H,2-3H2,1H3,(H2,9,13)/t4-,5-/m1/s1. The molecule has 0 radical (unpaired) electrons. The van der Waals surface area contributed by atoms with Gasteiger partial charge in [0.25, 0.3) is 11.7 Å². The van der Waals surface area contributed by atoms with Crippen molar-refractivity contribution in [2.24, 2.45) is 11.7 Å². The Kier molecular flexibility index (Phi) is 2.20. The fraction of sp³-hybridized carbons (Fsp3) is 0.625. The summed E-state index contributed by atoms with van der Waals surface area (Å²) in [6.45, 7) is 3.83. The number of carbonyl (C=O) groups excluding carboxylic acids is 1. The number of aromatic nitrogens is 2. The molecule has 1 amide bonds. The van der Waals surface area contributed by atoms with Crippen LogP contribution in [0.25, 0.3) is 0 Å². The Bertz CT molecular complexity index is 349. The second-order valence-corrected chi connectivity index (χ2v) is 3.56. The highest BCUT2D eigenvalue weighted by Crippen LogP contribution is 2.25. The topological polar surface area (TPSA) is 94.0 Å². The third-order valence-electron chi connectivity index (χ3n) is 2.50. The van der Waals surface area contributed by atoms with Crippen molar-refractivity contribution in [3.63, 3.8) is 0 Å². The van der Waals surface area contributed by atoms with Gasteiger partial charge in [0.2, 0.25) is 5.89 Å². The number of primary amides is 1. The van der Waals surface area contributed by atoms with Gasteiger partial charge in [0.1, 0.15) is 0 Å². The van der Waals surface area contributed by atoms with Crippen LogP contribution >= 0.6 is 0 Å². The largest absolute Gasteiger partial charge is 0.363 e. The predicted molar refractivity (Wildman–Crippen MR) is 47.6 cm³/mol. The quantitative estimate of drug-likeness (QED) is 0.664. The molecule has 0 unspecified atom stereocenters. The van der Waals surface area contributed by atoms with Gasteiger partial charge in [-0.2, -0.15) is 4.98 Å². The van der Waals surface area contributed by atoms with Gasteiger partial charge in [-0.05, 0) is 12.5 Å². The van der Waals surface area contributed by atoms with E-state index in [-0.39, 0.29) is 11.7 Å². The Hall–Kier alpha value is -1.43. The van der Waals surface area contributed by atoms with Crippen LogP contribution in [0.15, 0.2) is 4.52 Å². The lowest BCUT2D eigenvalue weighted by Gasteiger charge is -2.06. The van der Waals surface area contributed by atoms with E-state index in [0.717, 1.165) is 13.1 Å². The molecule has 14 heavy (non-hydrogen) atoms. The third-order valence-corrected chi connectivity index (χ3v) is 2.50. The van der Waals surface area contributed by atoms with Gasteiger partial charge >= 0.3 is 0 Å². The molecular formula is C8H12N4O2. The summed E-state index contributed by atoms with van der Waals surface area (Å²) in [5.41, 5.74) is 5.02. The van der Waals surface area contributed by atoms with E-state index in [2.05, 4.69) is 22.4 Å². The Labute approximate surface area is 80.9 Å². The molecule has 1 aromatic rings. The summed E-state index contributed by atoms with van der Waals surface area (Å²) in [6.07, 6.45) is 0. The van der Waals surface area contributed by atoms with Gasteiger partial charge in [-0.1, -0.05) is 12.1 Å². The van der Waals surface area contributed by atoms with E-state index in [1.54, 1.807) is 0 Å². The maximum Gasteiger partial charge on any atom is 0.290 e. The number of rotatable bonds is 2. The van der Waals surface area contributed by atoms with Gasteiger partial charge in [-0.15, -0.1) is 0 Å². The lowest BCUT2D eigenvalue weighted by atomic mass is 9.98. The fourth-order valence-corrected chi connectivity index (χ4v) is 1.63. The van der Waals surface area contributed by atoms with E-state index in [4.69, 9.17) is 10.3 Å². The van der Waals surface area contributed by atoms with Gasteiger partial charge < -0.3 is 15.6 Å². The first-order valence-corrected chi connectivity index (χ1v) is 4.52. The third kappa shape index (κ3) is 1.48. The van der Waals surface area contributed by atoms with E-state index in [0.29, 0.717) is 11.8 Å². The van der Waals surface area contributed by atoms with Crippen LogP contribution in [-0.2, 0) is 0 Å². The summed E-state index contributed by atoms with van der Waals surface area (Å²) >= 11 is 0. The Morgan fingerprint density at radius 3 is 2.93 bits per heavy atom. The Balaban J connectivity index is 2.20. The number of nitrogens with zero attached hydrogens (tertiary/aromatic N) is 2. The summed E-state index contributed by atoms with van der Waals surface area (Å²) in [5.74, 6) is 0.431. The molecule has 2 rings (SSSR count). The molecular weight excluding hydrogens is 184 g/mol. The summed E-state index contributed by atoms with van der Waals surface area (Å²) in [7, 11) is 0. The van der Waals surface area contributed by atoms with Crippen LogP contribution in [-0.4, -0.2) is 29.1 Å². The van der Waals surface area contributed by atoms with Crippen molar-refractivity contribution in [1.82, 2.24) is 15.5 Å². The summed E-state index contributed by atoms with van der Waals surface area (Å²) in [4.78, 5) is 14.7. The molecule has 0 bridgehead atoms.